The van der Waals surface area contributed by atoms with Crippen molar-refractivity contribution in [2.24, 2.45) is 0 Å². The summed E-state index contributed by atoms with van der Waals surface area (Å²) in [6, 6.07) is 5.90. The minimum absolute atomic E-state index is 0.276. The van der Waals surface area contributed by atoms with E-state index in [1.54, 1.807) is 4.90 Å². The summed E-state index contributed by atoms with van der Waals surface area (Å²) in [5.41, 5.74) is 0.570. The summed E-state index contributed by atoms with van der Waals surface area (Å²) in [7, 11) is 0. The molecule has 0 aliphatic heterocycles. The van der Waals surface area contributed by atoms with E-state index in [1.807, 2.05) is 45.9 Å². The van der Waals surface area contributed by atoms with Gasteiger partial charge < -0.3 is 9.64 Å². The van der Waals surface area contributed by atoms with Crippen LogP contribution in [0.1, 0.15) is 39.7 Å². The topological polar surface area (TPSA) is 29.5 Å². The number of rotatable bonds is 4. The molecule has 0 aromatic heterocycles. The molecule has 0 N–H and O–H groups in total. The Morgan fingerprint density at radius 1 is 1.25 bits per heavy atom. The molecular weight excluding hydrogens is 386 g/mol. The minimum atomic E-state index is -0.478. The zero-order valence-electron chi connectivity index (χ0n) is 12.4. The second kappa shape index (κ2) is 7.46. The molecule has 0 heterocycles. The van der Waals surface area contributed by atoms with Crippen LogP contribution in [0.4, 0.5) is 4.79 Å². The molecule has 0 spiro atoms. The molecule has 1 amide bonds. The lowest BCUT2D eigenvalue weighted by molar-refractivity contribution is 0.0233. The van der Waals surface area contributed by atoms with Gasteiger partial charge in [0.15, 0.2) is 0 Å². The number of ether oxygens (including phenoxy) is 1. The highest BCUT2D eigenvalue weighted by molar-refractivity contribution is 9.11. The Hall–Kier alpha value is -0.550. The molecule has 0 radical (unpaired) electrons. The van der Waals surface area contributed by atoms with Crippen molar-refractivity contribution in [3.05, 3.63) is 32.7 Å². The Bertz CT molecular complexity index is 449. The van der Waals surface area contributed by atoms with Gasteiger partial charge in [0.25, 0.3) is 0 Å². The molecule has 0 fully saturated rings. The molecule has 20 heavy (non-hydrogen) atoms. The predicted octanol–water partition coefficient (Wildman–Crippen LogP) is 5.36. The summed E-state index contributed by atoms with van der Waals surface area (Å²) >= 11 is 7.06. The van der Waals surface area contributed by atoms with E-state index in [2.05, 4.69) is 31.9 Å². The van der Waals surface area contributed by atoms with Crippen LogP contribution in [0.2, 0.25) is 0 Å². The van der Waals surface area contributed by atoms with Gasteiger partial charge in [-0.3, -0.25) is 0 Å². The van der Waals surface area contributed by atoms with Crippen molar-refractivity contribution in [3.8, 4) is 0 Å². The summed E-state index contributed by atoms with van der Waals surface area (Å²) in [5, 5.41) is 0. The van der Waals surface area contributed by atoms with Gasteiger partial charge in [0, 0.05) is 15.5 Å². The van der Waals surface area contributed by atoms with Crippen LogP contribution in [0.3, 0.4) is 0 Å². The van der Waals surface area contributed by atoms with Crippen LogP contribution < -0.4 is 0 Å². The van der Waals surface area contributed by atoms with Crippen LogP contribution in [0, 0.1) is 0 Å². The zero-order chi connectivity index (χ0) is 15.3. The van der Waals surface area contributed by atoms with Gasteiger partial charge in [-0.2, -0.15) is 0 Å². The first-order valence-corrected chi connectivity index (χ1v) is 8.24. The number of benzene rings is 1. The molecule has 0 saturated heterocycles. The largest absolute Gasteiger partial charge is 0.444 e. The van der Waals surface area contributed by atoms with Gasteiger partial charge in [0.05, 0.1) is 6.54 Å². The van der Waals surface area contributed by atoms with Gasteiger partial charge >= 0.3 is 6.09 Å². The van der Waals surface area contributed by atoms with E-state index < -0.39 is 5.60 Å². The van der Waals surface area contributed by atoms with Crippen molar-refractivity contribution in [2.45, 2.75) is 46.3 Å². The summed E-state index contributed by atoms with van der Waals surface area (Å²) in [4.78, 5) is 14.0. The zero-order valence-corrected chi connectivity index (χ0v) is 15.5. The van der Waals surface area contributed by atoms with Crippen LogP contribution in [-0.4, -0.2) is 23.1 Å². The van der Waals surface area contributed by atoms with Crippen molar-refractivity contribution in [1.29, 1.82) is 0 Å². The first-order chi connectivity index (χ1) is 9.24. The Morgan fingerprint density at radius 3 is 2.25 bits per heavy atom. The van der Waals surface area contributed by atoms with Crippen LogP contribution in [0.15, 0.2) is 27.1 Å². The molecule has 1 rings (SSSR count). The number of amides is 1. The predicted molar refractivity (Wildman–Crippen MR) is 88.8 cm³/mol. The molecule has 0 aliphatic rings. The van der Waals surface area contributed by atoms with E-state index in [1.165, 1.54) is 0 Å². The van der Waals surface area contributed by atoms with Crippen molar-refractivity contribution >= 4 is 38.0 Å². The average molecular weight is 407 g/mol. The van der Waals surface area contributed by atoms with E-state index in [9.17, 15) is 4.79 Å². The van der Waals surface area contributed by atoms with Gasteiger partial charge in [-0.15, -0.1) is 0 Å². The lowest BCUT2D eigenvalue weighted by atomic mass is 10.2. The average Bonchev–Trinajstić information content (AvgIpc) is 2.30. The summed E-state index contributed by atoms with van der Waals surface area (Å²) in [5.74, 6) is 0. The van der Waals surface area contributed by atoms with Crippen LogP contribution >= 0.6 is 31.9 Å². The third-order valence-corrected chi connectivity index (χ3v) is 4.04. The molecular formula is C15H21Br2NO2. The molecule has 0 bridgehead atoms. The highest BCUT2D eigenvalue weighted by Crippen LogP contribution is 2.27. The van der Waals surface area contributed by atoms with Gasteiger partial charge in [-0.25, -0.2) is 4.79 Å². The number of hydrogen-bond donors (Lipinski definition) is 0. The van der Waals surface area contributed by atoms with E-state index in [0.717, 1.165) is 20.9 Å². The van der Waals surface area contributed by atoms with Gasteiger partial charge in [0.2, 0.25) is 0 Å². The van der Waals surface area contributed by atoms with Gasteiger partial charge in [0.1, 0.15) is 5.60 Å². The van der Waals surface area contributed by atoms with Crippen molar-refractivity contribution in [2.75, 3.05) is 6.54 Å². The Balaban J connectivity index is 2.90. The monoisotopic (exact) mass is 405 g/mol. The number of carbonyl (C=O) groups is 1. The fraction of sp³-hybridized carbons (Fsp3) is 0.533. The fourth-order valence-corrected chi connectivity index (χ4v) is 2.95. The maximum Gasteiger partial charge on any atom is 0.410 e. The summed E-state index contributed by atoms with van der Waals surface area (Å²) in [6.45, 7) is 8.87. The maximum absolute atomic E-state index is 12.2. The standard InChI is InChI=1S/C15H21Br2NO2/c1-5-9-18(14(19)20-15(2,3)4)10-11-12(16)7-6-8-13(11)17/h6-8H,5,9-10H2,1-4H3. The number of carbonyl (C=O) groups excluding carboxylic acids is 1. The van der Waals surface area contributed by atoms with E-state index >= 15 is 0 Å². The molecule has 112 valence electrons. The normalized spacial score (nSPS) is 11.3. The summed E-state index contributed by atoms with van der Waals surface area (Å²) < 4.78 is 7.43. The van der Waals surface area contributed by atoms with Gasteiger partial charge in [-0.1, -0.05) is 44.8 Å². The molecule has 0 saturated carbocycles. The summed E-state index contributed by atoms with van der Waals surface area (Å²) in [6.07, 6.45) is 0.614. The smallest absolute Gasteiger partial charge is 0.410 e. The van der Waals surface area contributed by atoms with Crippen molar-refractivity contribution in [1.82, 2.24) is 4.90 Å². The lowest BCUT2D eigenvalue weighted by Crippen LogP contribution is -2.37. The van der Waals surface area contributed by atoms with Gasteiger partial charge in [-0.05, 0) is 44.9 Å². The van der Waals surface area contributed by atoms with E-state index in [-0.39, 0.29) is 6.09 Å². The SMILES string of the molecule is CCCN(Cc1c(Br)cccc1Br)C(=O)OC(C)(C)C. The van der Waals surface area contributed by atoms with Crippen molar-refractivity contribution < 1.29 is 9.53 Å². The molecule has 0 aliphatic carbocycles. The van der Waals surface area contributed by atoms with Crippen LogP contribution in [0.25, 0.3) is 0 Å². The highest BCUT2D eigenvalue weighted by Gasteiger charge is 2.22. The van der Waals surface area contributed by atoms with E-state index in [0.29, 0.717) is 13.1 Å². The molecule has 1 aromatic carbocycles. The quantitative estimate of drug-likeness (QED) is 0.673. The Labute approximate surface area is 137 Å². The third kappa shape index (κ3) is 5.44. The minimum Gasteiger partial charge on any atom is -0.444 e. The number of hydrogen-bond acceptors (Lipinski definition) is 2. The Kier molecular flexibility index (Phi) is 6.52. The first kappa shape index (κ1) is 17.5. The molecule has 3 nitrogen and oxygen atoms in total. The van der Waals surface area contributed by atoms with E-state index in [4.69, 9.17) is 4.74 Å². The maximum atomic E-state index is 12.2. The molecule has 1 aromatic rings. The lowest BCUT2D eigenvalue weighted by Gasteiger charge is -2.27. The van der Waals surface area contributed by atoms with Crippen molar-refractivity contribution in [3.63, 3.8) is 0 Å². The molecule has 0 unspecified atom stereocenters. The first-order valence-electron chi connectivity index (χ1n) is 6.65. The van der Waals surface area contributed by atoms with Crippen LogP contribution in [0.5, 0.6) is 0 Å². The third-order valence-electron chi connectivity index (χ3n) is 2.56. The Morgan fingerprint density at radius 2 is 1.80 bits per heavy atom. The number of halogens is 2. The highest BCUT2D eigenvalue weighted by atomic mass is 79.9. The molecule has 5 heteroatoms. The fourth-order valence-electron chi connectivity index (χ4n) is 1.71. The van der Waals surface area contributed by atoms with Crippen LogP contribution in [-0.2, 0) is 11.3 Å². The molecule has 0 atom stereocenters. The second-order valence-corrected chi connectivity index (χ2v) is 7.31. The second-order valence-electron chi connectivity index (χ2n) is 5.60. The number of nitrogens with zero attached hydrogens (tertiary/aromatic N) is 1.